The first kappa shape index (κ1) is 14.9. The van der Waals surface area contributed by atoms with E-state index in [1.54, 1.807) is 6.20 Å². The maximum absolute atomic E-state index is 10.8. The predicted molar refractivity (Wildman–Crippen MR) is 81.6 cm³/mol. The second kappa shape index (κ2) is 6.81. The van der Waals surface area contributed by atoms with Crippen LogP contribution in [0.4, 0.5) is 5.82 Å². The summed E-state index contributed by atoms with van der Waals surface area (Å²) in [6.45, 7) is 8.40. The third-order valence-electron chi connectivity index (χ3n) is 3.74. The first-order chi connectivity index (χ1) is 9.60. The van der Waals surface area contributed by atoms with Gasteiger partial charge in [0, 0.05) is 51.0 Å². The van der Waals surface area contributed by atoms with Gasteiger partial charge in [0.25, 0.3) is 0 Å². The molecule has 0 radical (unpaired) electrons. The van der Waals surface area contributed by atoms with Crippen molar-refractivity contribution in [1.29, 1.82) is 0 Å². The fourth-order valence-corrected chi connectivity index (χ4v) is 2.51. The molecule has 5 heteroatoms. The number of aryl methyl sites for hydroxylation is 1. The summed E-state index contributed by atoms with van der Waals surface area (Å²) < 4.78 is 0. The average molecular weight is 276 g/mol. The van der Waals surface area contributed by atoms with Crippen molar-refractivity contribution in [1.82, 2.24) is 14.8 Å². The molecule has 5 nitrogen and oxygen atoms in total. The molecule has 110 valence electrons. The van der Waals surface area contributed by atoms with E-state index in [-0.39, 0.29) is 0 Å². The Morgan fingerprint density at radius 1 is 1.30 bits per heavy atom. The molecular weight excluding hydrogens is 252 g/mol. The van der Waals surface area contributed by atoms with Gasteiger partial charge in [0.2, 0.25) is 0 Å². The molecule has 1 aromatic rings. The summed E-state index contributed by atoms with van der Waals surface area (Å²) in [5, 5.41) is 0. The molecule has 2 rings (SSSR count). The lowest BCUT2D eigenvalue weighted by Crippen LogP contribution is -2.48. The number of aromatic nitrogens is 1. The maximum atomic E-state index is 10.8. The lowest BCUT2D eigenvalue weighted by atomic mass is 10.2. The number of aldehydes is 1. The molecule has 1 aliphatic heterocycles. The molecule has 1 fully saturated rings. The van der Waals surface area contributed by atoms with Crippen LogP contribution in [-0.2, 0) is 0 Å². The van der Waals surface area contributed by atoms with E-state index in [0.29, 0.717) is 5.56 Å². The third kappa shape index (κ3) is 3.77. The van der Waals surface area contributed by atoms with Crippen molar-refractivity contribution in [3.05, 3.63) is 23.4 Å². The topological polar surface area (TPSA) is 39.7 Å². The molecule has 0 aliphatic carbocycles. The Bertz CT molecular complexity index is 453. The monoisotopic (exact) mass is 276 g/mol. The zero-order chi connectivity index (χ0) is 14.5. The van der Waals surface area contributed by atoms with Gasteiger partial charge in [-0.15, -0.1) is 0 Å². The van der Waals surface area contributed by atoms with Crippen molar-refractivity contribution in [2.75, 3.05) is 58.3 Å². The van der Waals surface area contributed by atoms with Gasteiger partial charge >= 0.3 is 0 Å². The number of piperazine rings is 1. The number of hydrogen-bond donors (Lipinski definition) is 0. The predicted octanol–water partition coefficient (Wildman–Crippen LogP) is 0.886. The van der Waals surface area contributed by atoms with Gasteiger partial charge in [-0.05, 0) is 32.6 Å². The number of rotatable bonds is 5. The van der Waals surface area contributed by atoms with E-state index in [2.05, 4.69) is 33.8 Å². The lowest BCUT2D eigenvalue weighted by molar-refractivity contribution is 0.112. The highest BCUT2D eigenvalue weighted by molar-refractivity contribution is 5.75. The standard InChI is InChI=1S/C15H24N4O/c1-13-10-14(12-20)11-16-15(13)19-8-6-18(7-9-19)5-4-17(2)3/h10-12H,4-9H2,1-3H3. The first-order valence-corrected chi connectivity index (χ1v) is 7.14. The van der Waals surface area contributed by atoms with Crippen LogP contribution in [0, 0.1) is 6.92 Å². The highest BCUT2D eigenvalue weighted by atomic mass is 16.1. The molecule has 2 heterocycles. The minimum Gasteiger partial charge on any atom is -0.354 e. The second-order valence-electron chi connectivity index (χ2n) is 5.66. The van der Waals surface area contributed by atoms with Gasteiger partial charge in [-0.3, -0.25) is 9.69 Å². The number of anilines is 1. The molecule has 0 spiro atoms. The Hall–Kier alpha value is -1.46. The highest BCUT2D eigenvalue weighted by Crippen LogP contribution is 2.19. The minimum absolute atomic E-state index is 0.649. The van der Waals surface area contributed by atoms with E-state index in [0.717, 1.165) is 56.9 Å². The van der Waals surface area contributed by atoms with E-state index in [4.69, 9.17) is 0 Å². The zero-order valence-corrected chi connectivity index (χ0v) is 12.7. The van der Waals surface area contributed by atoms with Gasteiger partial charge in [0.05, 0.1) is 0 Å². The Balaban J connectivity index is 1.92. The van der Waals surface area contributed by atoms with Crippen molar-refractivity contribution in [2.24, 2.45) is 0 Å². The fraction of sp³-hybridized carbons (Fsp3) is 0.600. The van der Waals surface area contributed by atoms with Crippen LogP contribution >= 0.6 is 0 Å². The molecule has 0 bridgehead atoms. The number of pyridine rings is 1. The largest absolute Gasteiger partial charge is 0.354 e. The van der Waals surface area contributed by atoms with Crippen LogP contribution in [0.15, 0.2) is 12.3 Å². The van der Waals surface area contributed by atoms with Crippen LogP contribution in [0.2, 0.25) is 0 Å². The van der Waals surface area contributed by atoms with Gasteiger partial charge in [0.1, 0.15) is 5.82 Å². The quantitative estimate of drug-likeness (QED) is 0.747. The number of likely N-dealkylation sites (N-methyl/N-ethyl adjacent to an activating group) is 1. The molecule has 1 aliphatic rings. The van der Waals surface area contributed by atoms with Crippen LogP contribution in [0.1, 0.15) is 15.9 Å². The molecule has 0 aromatic carbocycles. The summed E-state index contributed by atoms with van der Waals surface area (Å²) in [6, 6.07) is 1.91. The number of carbonyl (C=O) groups is 1. The first-order valence-electron chi connectivity index (χ1n) is 7.14. The Labute approximate surface area is 121 Å². The molecule has 1 saturated heterocycles. The van der Waals surface area contributed by atoms with Gasteiger partial charge in [0.15, 0.2) is 6.29 Å². The molecule has 1 aromatic heterocycles. The third-order valence-corrected chi connectivity index (χ3v) is 3.74. The van der Waals surface area contributed by atoms with Crippen LogP contribution < -0.4 is 4.90 Å². The van der Waals surface area contributed by atoms with Crippen LogP contribution in [0.25, 0.3) is 0 Å². The Morgan fingerprint density at radius 3 is 2.55 bits per heavy atom. The van der Waals surface area contributed by atoms with Crippen molar-refractivity contribution in [2.45, 2.75) is 6.92 Å². The maximum Gasteiger partial charge on any atom is 0.151 e. The van der Waals surface area contributed by atoms with E-state index < -0.39 is 0 Å². The second-order valence-corrected chi connectivity index (χ2v) is 5.66. The Morgan fingerprint density at radius 2 is 2.00 bits per heavy atom. The summed E-state index contributed by atoms with van der Waals surface area (Å²) in [4.78, 5) is 22.2. The summed E-state index contributed by atoms with van der Waals surface area (Å²) in [6.07, 6.45) is 2.51. The van der Waals surface area contributed by atoms with Crippen LogP contribution in [0.5, 0.6) is 0 Å². The summed E-state index contributed by atoms with van der Waals surface area (Å²) in [5.74, 6) is 1.02. The lowest BCUT2D eigenvalue weighted by Gasteiger charge is -2.36. The van der Waals surface area contributed by atoms with Gasteiger partial charge in [-0.2, -0.15) is 0 Å². The van der Waals surface area contributed by atoms with Crippen LogP contribution in [0.3, 0.4) is 0 Å². The van der Waals surface area contributed by atoms with Gasteiger partial charge < -0.3 is 9.80 Å². The van der Waals surface area contributed by atoms with Crippen molar-refractivity contribution in [3.8, 4) is 0 Å². The summed E-state index contributed by atoms with van der Waals surface area (Å²) in [7, 11) is 4.22. The van der Waals surface area contributed by atoms with Crippen LogP contribution in [-0.4, -0.2) is 74.4 Å². The van der Waals surface area contributed by atoms with E-state index in [1.807, 2.05) is 13.0 Å². The van der Waals surface area contributed by atoms with Gasteiger partial charge in [-0.1, -0.05) is 0 Å². The van der Waals surface area contributed by atoms with E-state index in [1.165, 1.54) is 0 Å². The smallest absolute Gasteiger partial charge is 0.151 e. The number of carbonyl (C=O) groups excluding carboxylic acids is 1. The van der Waals surface area contributed by atoms with Crippen molar-refractivity contribution in [3.63, 3.8) is 0 Å². The molecule has 0 unspecified atom stereocenters. The summed E-state index contributed by atoms with van der Waals surface area (Å²) in [5.41, 5.74) is 1.73. The van der Waals surface area contributed by atoms with Gasteiger partial charge in [-0.25, -0.2) is 4.98 Å². The highest BCUT2D eigenvalue weighted by Gasteiger charge is 2.19. The average Bonchev–Trinajstić information content (AvgIpc) is 2.45. The molecule has 0 saturated carbocycles. The molecule has 20 heavy (non-hydrogen) atoms. The fourth-order valence-electron chi connectivity index (χ4n) is 2.51. The van der Waals surface area contributed by atoms with E-state index in [9.17, 15) is 4.79 Å². The number of hydrogen-bond acceptors (Lipinski definition) is 5. The molecule has 0 amide bonds. The molecule has 0 N–H and O–H groups in total. The minimum atomic E-state index is 0.649. The number of nitrogens with zero attached hydrogens (tertiary/aromatic N) is 4. The summed E-state index contributed by atoms with van der Waals surface area (Å²) >= 11 is 0. The van der Waals surface area contributed by atoms with E-state index >= 15 is 0 Å². The zero-order valence-electron chi connectivity index (χ0n) is 12.7. The molecular formula is C15H24N4O. The molecule has 0 atom stereocenters. The van der Waals surface area contributed by atoms with Crippen molar-refractivity contribution >= 4 is 12.1 Å². The Kier molecular flexibility index (Phi) is 5.09. The SMILES string of the molecule is Cc1cc(C=O)cnc1N1CCN(CCN(C)C)CC1. The normalized spacial score (nSPS) is 16.7. The van der Waals surface area contributed by atoms with Crippen molar-refractivity contribution < 1.29 is 4.79 Å².